The molecule has 0 aliphatic heterocycles. The van der Waals surface area contributed by atoms with Crippen LogP contribution in [-0.4, -0.2) is 43.3 Å². The number of rotatable bonds is 8. The quantitative estimate of drug-likeness (QED) is 0.480. The van der Waals surface area contributed by atoms with Gasteiger partial charge < -0.3 is 10.1 Å². The first-order valence-electron chi connectivity index (χ1n) is 9.95. The Kier molecular flexibility index (Phi) is 7.61. The molecular formula is C22H23Cl2N3O4S. The Morgan fingerprint density at radius 1 is 1.09 bits per heavy atom. The van der Waals surface area contributed by atoms with Crippen molar-refractivity contribution in [3.05, 3.63) is 58.2 Å². The van der Waals surface area contributed by atoms with Gasteiger partial charge in [-0.05, 0) is 43.3 Å². The number of hydrogen-bond acceptors (Lipinski definition) is 5. The highest BCUT2D eigenvalue weighted by Gasteiger charge is 2.22. The van der Waals surface area contributed by atoms with Crippen molar-refractivity contribution in [2.24, 2.45) is 0 Å². The van der Waals surface area contributed by atoms with Crippen molar-refractivity contribution in [1.29, 1.82) is 0 Å². The van der Waals surface area contributed by atoms with E-state index in [1.54, 1.807) is 26.0 Å². The summed E-state index contributed by atoms with van der Waals surface area (Å²) in [5.74, 6) is -0.225. The largest absolute Gasteiger partial charge is 0.480 e. The van der Waals surface area contributed by atoms with Crippen molar-refractivity contribution < 1.29 is 17.9 Å². The molecule has 1 amide bonds. The van der Waals surface area contributed by atoms with Crippen LogP contribution in [0.2, 0.25) is 10.0 Å². The predicted molar refractivity (Wildman–Crippen MR) is 127 cm³/mol. The van der Waals surface area contributed by atoms with Gasteiger partial charge in [0.2, 0.25) is 10.0 Å². The molecule has 0 aliphatic rings. The number of pyridine rings is 1. The molecule has 10 heteroatoms. The third-order valence-corrected chi connectivity index (χ3v) is 7.43. The molecule has 0 bridgehead atoms. The molecule has 1 heterocycles. The van der Waals surface area contributed by atoms with E-state index in [2.05, 4.69) is 10.3 Å². The molecule has 32 heavy (non-hydrogen) atoms. The molecule has 0 saturated carbocycles. The monoisotopic (exact) mass is 495 g/mol. The van der Waals surface area contributed by atoms with Crippen LogP contribution in [0.1, 0.15) is 19.5 Å². The van der Waals surface area contributed by atoms with E-state index in [1.165, 1.54) is 22.5 Å². The zero-order valence-corrected chi connectivity index (χ0v) is 20.2. The maximum atomic E-state index is 12.7. The lowest BCUT2D eigenvalue weighted by atomic mass is 10.2. The summed E-state index contributed by atoms with van der Waals surface area (Å²) in [5, 5.41) is 3.98. The third kappa shape index (κ3) is 5.15. The highest BCUT2D eigenvalue weighted by Crippen LogP contribution is 2.37. The second-order valence-corrected chi connectivity index (χ2v) is 9.72. The minimum absolute atomic E-state index is 0.103. The summed E-state index contributed by atoms with van der Waals surface area (Å²) in [6.45, 7) is 5.72. The van der Waals surface area contributed by atoms with Crippen molar-refractivity contribution in [1.82, 2.24) is 9.29 Å². The van der Waals surface area contributed by atoms with Gasteiger partial charge in [-0.25, -0.2) is 13.4 Å². The van der Waals surface area contributed by atoms with E-state index < -0.39 is 15.9 Å². The fraction of sp³-hybridized carbons (Fsp3) is 0.273. The van der Waals surface area contributed by atoms with Crippen LogP contribution >= 0.6 is 23.2 Å². The average Bonchev–Trinajstić information content (AvgIpc) is 2.74. The number of nitrogens with zero attached hydrogens (tertiary/aromatic N) is 2. The molecule has 3 aromatic rings. The SMILES string of the molecule is CCN(CC)S(=O)(=O)c1cccc(NC(=O)COc2c(Cl)cc(Cl)c3ccc(C)nc23)c1. The number of carbonyl (C=O) groups is 1. The Balaban J connectivity index is 1.78. The van der Waals surface area contributed by atoms with E-state index in [1.807, 2.05) is 19.1 Å². The number of ether oxygens (including phenoxy) is 1. The number of benzene rings is 2. The maximum absolute atomic E-state index is 12.7. The highest BCUT2D eigenvalue weighted by molar-refractivity contribution is 7.89. The van der Waals surface area contributed by atoms with Crippen LogP contribution in [0, 0.1) is 6.92 Å². The topological polar surface area (TPSA) is 88.6 Å². The Morgan fingerprint density at radius 2 is 1.81 bits per heavy atom. The molecule has 0 fully saturated rings. The summed E-state index contributed by atoms with van der Waals surface area (Å²) in [4.78, 5) is 17.0. The van der Waals surface area contributed by atoms with Crippen molar-refractivity contribution in [3.8, 4) is 5.75 Å². The molecule has 7 nitrogen and oxygen atoms in total. The molecule has 2 aromatic carbocycles. The molecular weight excluding hydrogens is 473 g/mol. The van der Waals surface area contributed by atoms with E-state index in [0.717, 1.165) is 5.69 Å². The van der Waals surface area contributed by atoms with Crippen molar-refractivity contribution in [3.63, 3.8) is 0 Å². The molecule has 170 valence electrons. The highest BCUT2D eigenvalue weighted by atomic mass is 35.5. The van der Waals surface area contributed by atoms with E-state index in [4.69, 9.17) is 27.9 Å². The fourth-order valence-electron chi connectivity index (χ4n) is 3.21. The van der Waals surface area contributed by atoms with Crippen LogP contribution in [0.25, 0.3) is 10.9 Å². The van der Waals surface area contributed by atoms with Crippen molar-refractivity contribution >= 4 is 55.7 Å². The molecule has 0 unspecified atom stereocenters. The summed E-state index contributed by atoms with van der Waals surface area (Å²) >= 11 is 12.5. The third-order valence-electron chi connectivity index (χ3n) is 4.79. The van der Waals surface area contributed by atoms with Gasteiger partial charge in [0.15, 0.2) is 12.4 Å². The Labute approximate surface area is 197 Å². The summed E-state index contributed by atoms with van der Waals surface area (Å²) in [6, 6.07) is 11.3. The van der Waals surface area contributed by atoms with Crippen LogP contribution in [0.15, 0.2) is 47.4 Å². The second-order valence-electron chi connectivity index (χ2n) is 6.97. The van der Waals surface area contributed by atoms with Gasteiger partial charge in [-0.1, -0.05) is 43.1 Å². The van der Waals surface area contributed by atoms with Gasteiger partial charge in [0.25, 0.3) is 5.91 Å². The van der Waals surface area contributed by atoms with Gasteiger partial charge in [0.1, 0.15) is 5.52 Å². The molecule has 0 radical (unpaired) electrons. The lowest BCUT2D eigenvalue weighted by molar-refractivity contribution is -0.118. The van der Waals surface area contributed by atoms with Crippen LogP contribution in [0.5, 0.6) is 5.75 Å². The first kappa shape index (κ1) is 24.3. The van der Waals surface area contributed by atoms with Gasteiger partial charge in [0.05, 0.1) is 14.9 Å². The smallest absolute Gasteiger partial charge is 0.262 e. The predicted octanol–water partition coefficient (Wildman–Crippen LogP) is 4.90. The zero-order chi connectivity index (χ0) is 23.5. The number of fused-ring (bicyclic) bond motifs is 1. The van der Waals surface area contributed by atoms with E-state index in [-0.39, 0.29) is 22.3 Å². The van der Waals surface area contributed by atoms with Gasteiger partial charge >= 0.3 is 0 Å². The van der Waals surface area contributed by atoms with Gasteiger partial charge in [-0.15, -0.1) is 0 Å². The van der Waals surface area contributed by atoms with Gasteiger partial charge in [-0.2, -0.15) is 4.31 Å². The number of halogens is 2. The van der Waals surface area contributed by atoms with E-state index in [9.17, 15) is 13.2 Å². The average molecular weight is 496 g/mol. The number of anilines is 1. The van der Waals surface area contributed by atoms with Gasteiger partial charge in [0, 0.05) is 29.9 Å². The fourth-order valence-corrected chi connectivity index (χ4v) is 5.28. The second kappa shape index (κ2) is 10.0. The maximum Gasteiger partial charge on any atom is 0.262 e. The molecule has 3 rings (SSSR count). The normalized spacial score (nSPS) is 11.7. The number of aryl methyl sites for hydroxylation is 1. The number of sulfonamides is 1. The van der Waals surface area contributed by atoms with E-state index >= 15 is 0 Å². The summed E-state index contributed by atoms with van der Waals surface area (Å²) in [6.07, 6.45) is 0. The molecule has 0 aliphatic carbocycles. The van der Waals surface area contributed by atoms with Crippen molar-refractivity contribution in [2.45, 2.75) is 25.7 Å². The number of hydrogen-bond donors (Lipinski definition) is 1. The van der Waals surface area contributed by atoms with Crippen LogP contribution in [-0.2, 0) is 14.8 Å². The Morgan fingerprint density at radius 3 is 2.50 bits per heavy atom. The molecule has 0 spiro atoms. The first-order chi connectivity index (χ1) is 15.2. The summed E-state index contributed by atoms with van der Waals surface area (Å²) < 4.78 is 32.5. The number of nitrogens with one attached hydrogen (secondary N) is 1. The minimum atomic E-state index is -3.64. The van der Waals surface area contributed by atoms with Crippen molar-refractivity contribution in [2.75, 3.05) is 25.0 Å². The number of carbonyl (C=O) groups excluding carboxylic acids is 1. The standard InChI is InChI=1S/C22H23Cl2N3O4S/c1-4-27(5-2)32(29,30)16-8-6-7-15(11-16)26-20(28)13-31-22-19(24)12-18(23)17-10-9-14(3)25-21(17)22/h6-12H,4-5,13H2,1-3H3,(H,26,28). The zero-order valence-electron chi connectivity index (χ0n) is 17.9. The Bertz CT molecular complexity index is 1260. The molecule has 1 N–H and O–H groups in total. The van der Waals surface area contributed by atoms with E-state index in [0.29, 0.717) is 34.7 Å². The first-order valence-corrected chi connectivity index (χ1v) is 12.1. The van der Waals surface area contributed by atoms with Crippen LogP contribution < -0.4 is 10.1 Å². The minimum Gasteiger partial charge on any atom is -0.480 e. The lowest BCUT2D eigenvalue weighted by Crippen LogP contribution is -2.30. The number of aromatic nitrogens is 1. The van der Waals surface area contributed by atoms with Crippen LogP contribution in [0.3, 0.4) is 0 Å². The lowest BCUT2D eigenvalue weighted by Gasteiger charge is -2.19. The van der Waals surface area contributed by atoms with Gasteiger partial charge in [-0.3, -0.25) is 4.79 Å². The molecule has 1 aromatic heterocycles. The number of amides is 1. The van der Waals surface area contributed by atoms with Crippen LogP contribution in [0.4, 0.5) is 5.69 Å². The summed E-state index contributed by atoms with van der Waals surface area (Å²) in [5.41, 5.74) is 1.55. The Hall–Kier alpha value is -2.39. The molecule has 0 atom stereocenters. The summed E-state index contributed by atoms with van der Waals surface area (Å²) in [7, 11) is -3.64. The molecule has 0 saturated heterocycles.